The number of hydrogen-bond acceptors (Lipinski definition) is 11. The van der Waals surface area contributed by atoms with Gasteiger partial charge >= 0.3 is 18.0 Å². The van der Waals surface area contributed by atoms with Crippen molar-refractivity contribution in [3.8, 4) is 5.75 Å². The van der Waals surface area contributed by atoms with Crippen LogP contribution in [0.4, 0.5) is 4.79 Å². The van der Waals surface area contributed by atoms with Gasteiger partial charge < -0.3 is 40.4 Å². The van der Waals surface area contributed by atoms with Gasteiger partial charge in [-0.2, -0.15) is 11.8 Å². The molecule has 5 N–H and O–H groups in total. The Labute approximate surface area is 217 Å². The van der Waals surface area contributed by atoms with Crippen molar-refractivity contribution in [2.45, 2.75) is 50.3 Å². The molecule has 0 aromatic heterocycles. The number of carbonyl (C=O) groups excluding carboxylic acids is 5. The molecule has 37 heavy (non-hydrogen) atoms. The maximum absolute atomic E-state index is 13.0. The van der Waals surface area contributed by atoms with Crippen LogP contribution in [0.15, 0.2) is 18.2 Å². The lowest BCUT2D eigenvalue weighted by molar-refractivity contribution is -0.144. The second-order valence-electron chi connectivity index (χ2n) is 8.94. The fraction of sp³-hybridized carbons (Fsp3) is 0.522. The lowest BCUT2D eigenvalue weighted by Gasteiger charge is -2.26. The average molecular weight is 542 g/mol. The zero-order valence-electron chi connectivity index (χ0n) is 20.9. The molecule has 0 fully saturated rings. The van der Waals surface area contributed by atoms with Gasteiger partial charge in [0.1, 0.15) is 36.1 Å². The zero-order chi connectivity index (χ0) is 27.8. The number of methoxy groups -OCH3 is 1. The Morgan fingerprint density at radius 1 is 1.27 bits per heavy atom. The summed E-state index contributed by atoms with van der Waals surface area (Å²) in [5, 5.41) is 26.8. The van der Waals surface area contributed by atoms with Crippen LogP contribution in [0.5, 0.6) is 5.75 Å². The van der Waals surface area contributed by atoms with Gasteiger partial charge in [0.25, 0.3) is 0 Å². The van der Waals surface area contributed by atoms with Crippen molar-refractivity contribution in [2.75, 3.05) is 26.1 Å². The Morgan fingerprint density at radius 2 is 1.97 bits per heavy atom. The summed E-state index contributed by atoms with van der Waals surface area (Å²) in [5.41, 5.74) is -0.545. The molecule has 0 spiro atoms. The lowest BCUT2D eigenvalue weighted by Crippen LogP contribution is -2.58. The lowest BCUT2D eigenvalue weighted by atomic mass is 10.1. The topological polar surface area (TPSA) is 190 Å². The van der Waals surface area contributed by atoms with Gasteiger partial charge in [-0.05, 0) is 32.9 Å². The van der Waals surface area contributed by atoms with Gasteiger partial charge in [-0.3, -0.25) is 9.59 Å². The number of esters is 2. The van der Waals surface area contributed by atoms with E-state index >= 15 is 0 Å². The number of alkyl carbamates (subject to hydrolysis) is 1. The number of hydrogen-bond donors (Lipinski definition) is 5. The predicted molar refractivity (Wildman–Crippen MR) is 131 cm³/mol. The number of rotatable bonds is 5. The summed E-state index contributed by atoms with van der Waals surface area (Å²) in [5.74, 6) is -3.44. The molecular weight excluding hydrogens is 510 g/mol. The first-order chi connectivity index (χ1) is 17.4. The predicted octanol–water partition coefficient (Wildman–Crippen LogP) is -0.176. The first kappa shape index (κ1) is 29.7. The summed E-state index contributed by atoms with van der Waals surface area (Å²) in [6, 6.07) is 0.145. The molecule has 3 amide bonds. The maximum atomic E-state index is 13.0. The van der Waals surface area contributed by atoms with Crippen molar-refractivity contribution < 1.29 is 48.4 Å². The smallest absolute Gasteiger partial charge is 0.408 e. The highest BCUT2D eigenvalue weighted by atomic mass is 32.2. The van der Waals surface area contributed by atoms with Crippen LogP contribution in [-0.4, -0.2) is 89.9 Å². The number of aliphatic hydroxyl groups excluding tert-OH is 1. The molecule has 0 saturated carbocycles. The van der Waals surface area contributed by atoms with Gasteiger partial charge in [-0.25, -0.2) is 14.4 Å². The van der Waals surface area contributed by atoms with Crippen molar-refractivity contribution in [1.82, 2.24) is 16.0 Å². The van der Waals surface area contributed by atoms with E-state index in [0.717, 1.165) is 18.9 Å². The van der Waals surface area contributed by atoms with Crippen LogP contribution in [-0.2, 0) is 34.3 Å². The molecule has 0 saturated heterocycles. The van der Waals surface area contributed by atoms with Gasteiger partial charge in [0.05, 0.1) is 19.3 Å². The third kappa shape index (κ3) is 8.82. The van der Waals surface area contributed by atoms with Crippen molar-refractivity contribution in [3.05, 3.63) is 29.3 Å². The molecule has 2 rings (SSSR count). The molecular formula is C23H31N3O10S. The van der Waals surface area contributed by atoms with Gasteiger partial charge in [0, 0.05) is 17.1 Å². The summed E-state index contributed by atoms with van der Waals surface area (Å²) < 4.78 is 15.1. The highest BCUT2D eigenvalue weighted by Crippen LogP contribution is 2.27. The average Bonchev–Trinajstić information content (AvgIpc) is 2.82. The van der Waals surface area contributed by atoms with E-state index in [-0.39, 0.29) is 28.4 Å². The number of aliphatic hydroxyl groups is 1. The van der Waals surface area contributed by atoms with Crippen LogP contribution in [0, 0.1) is 0 Å². The van der Waals surface area contributed by atoms with E-state index in [1.165, 1.54) is 18.2 Å². The Hall–Kier alpha value is -3.52. The van der Waals surface area contributed by atoms with E-state index in [0.29, 0.717) is 0 Å². The second kappa shape index (κ2) is 13.1. The van der Waals surface area contributed by atoms with Gasteiger partial charge in [-0.1, -0.05) is 6.07 Å². The normalized spacial score (nSPS) is 19.5. The summed E-state index contributed by atoms with van der Waals surface area (Å²) >= 11 is 1.15. The summed E-state index contributed by atoms with van der Waals surface area (Å²) in [6.07, 6.45) is -0.976. The monoisotopic (exact) mass is 541 g/mol. The van der Waals surface area contributed by atoms with Crippen molar-refractivity contribution in [1.29, 1.82) is 0 Å². The van der Waals surface area contributed by atoms with E-state index < -0.39 is 66.8 Å². The van der Waals surface area contributed by atoms with E-state index in [2.05, 4.69) is 16.0 Å². The number of ether oxygens (including phenoxy) is 3. The largest absolute Gasteiger partial charge is 0.508 e. The number of fused-ring (bicyclic) bond motifs is 1. The Morgan fingerprint density at radius 3 is 2.59 bits per heavy atom. The van der Waals surface area contributed by atoms with Gasteiger partial charge in [-0.15, -0.1) is 0 Å². The van der Waals surface area contributed by atoms with E-state index in [1.807, 2.05) is 0 Å². The van der Waals surface area contributed by atoms with Crippen LogP contribution in [0.25, 0.3) is 0 Å². The molecule has 1 unspecified atom stereocenters. The van der Waals surface area contributed by atoms with E-state index in [1.54, 1.807) is 20.8 Å². The SMILES string of the molecule is COC(=O)[C@@H]1CSCc2c(O)cccc2C(=O)OCC(NC(=O)[C@H](CO)NC(=O)OC(C)(C)C)C(=O)N1. The van der Waals surface area contributed by atoms with Crippen LogP contribution >= 0.6 is 11.8 Å². The number of benzene rings is 1. The molecule has 204 valence electrons. The summed E-state index contributed by atoms with van der Waals surface area (Å²) in [6.45, 7) is 3.35. The Balaban J connectivity index is 2.28. The van der Waals surface area contributed by atoms with Crippen molar-refractivity contribution in [3.63, 3.8) is 0 Å². The van der Waals surface area contributed by atoms with Crippen molar-refractivity contribution in [2.24, 2.45) is 0 Å². The number of aromatic hydroxyl groups is 1. The molecule has 0 radical (unpaired) electrons. The third-order valence-electron chi connectivity index (χ3n) is 4.91. The molecule has 1 aliphatic heterocycles. The fourth-order valence-electron chi connectivity index (χ4n) is 3.12. The number of cyclic esters (lactones) is 1. The van der Waals surface area contributed by atoms with Gasteiger partial charge in [0.15, 0.2) is 0 Å². The minimum Gasteiger partial charge on any atom is -0.508 e. The van der Waals surface area contributed by atoms with Gasteiger partial charge in [0.2, 0.25) is 11.8 Å². The molecule has 0 aliphatic carbocycles. The highest BCUT2D eigenvalue weighted by molar-refractivity contribution is 7.98. The molecule has 0 bridgehead atoms. The molecule has 1 aliphatic rings. The second-order valence-corrected chi connectivity index (χ2v) is 9.97. The third-order valence-corrected chi connectivity index (χ3v) is 5.97. The highest BCUT2D eigenvalue weighted by Gasteiger charge is 2.32. The molecule has 1 aromatic rings. The van der Waals surface area contributed by atoms with Crippen LogP contribution in [0.3, 0.4) is 0 Å². The standard InChI is InChI=1S/C23H31N3O10S/c1-23(2,3)36-22(33)26-14(8-27)18(29)24-15-9-35-20(31)12-6-5-7-17(28)13(12)10-37-11-16(21(32)34-4)25-19(15)30/h5-7,14-16,27-28H,8-11H2,1-4H3,(H,24,29)(H,25,30)(H,26,33)/t14-,15?,16-/m0/s1. The maximum Gasteiger partial charge on any atom is 0.408 e. The van der Waals surface area contributed by atoms with Crippen LogP contribution in [0.2, 0.25) is 0 Å². The number of carbonyl (C=O) groups is 5. The quantitative estimate of drug-likeness (QED) is 0.246. The number of thioether (sulfide) groups is 1. The number of amides is 3. The zero-order valence-corrected chi connectivity index (χ0v) is 21.7. The van der Waals surface area contributed by atoms with E-state index in [9.17, 15) is 34.2 Å². The Bertz CT molecular complexity index is 1030. The first-order valence-electron chi connectivity index (χ1n) is 11.2. The summed E-state index contributed by atoms with van der Waals surface area (Å²) in [4.78, 5) is 62.7. The molecule has 13 nitrogen and oxygen atoms in total. The number of phenolic OH excluding ortho intramolecular Hbond substituents is 1. The molecule has 3 atom stereocenters. The van der Waals surface area contributed by atoms with E-state index in [4.69, 9.17) is 14.2 Å². The minimum atomic E-state index is -1.51. The molecule has 14 heteroatoms. The number of phenols is 1. The minimum absolute atomic E-state index is 0.0291. The van der Waals surface area contributed by atoms with Crippen LogP contribution in [0.1, 0.15) is 36.7 Å². The summed E-state index contributed by atoms with van der Waals surface area (Å²) in [7, 11) is 1.14. The molecule has 1 aromatic carbocycles. The molecule has 1 heterocycles. The van der Waals surface area contributed by atoms with Crippen LogP contribution < -0.4 is 16.0 Å². The fourth-order valence-corrected chi connectivity index (χ4v) is 4.20. The number of nitrogens with one attached hydrogen (secondary N) is 3. The van der Waals surface area contributed by atoms with Crippen molar-refractivity contribution >= 4 is 41.6 Å². The first-order valence-corrected chi connectivity index (χ1v) is 12.4. The Kier molecular flexibility index (Phi) is 10.6.